The predicted octanol–water partition coefficient (Wildman–Crippen LogP) is -0.0129. The smallest absolute Gasteiger partial charge is 0.325 e. The van der Waals surface area contributed by atoms with E-state index in [-0.39, 0.29) is 30.9 Å². The summed E-state index contributed by atoms with van der Waals surface area (Å²) in [6, 6.07) is -0.244. The molecule has 17 heavy (non-hydrogen) atoms. The van der Waals surface area contributed by atoms with Gasteiger partial charge >= 0.3 is 6.03 Å². The molecule has 0 spiro atoms. The van der Waals surface area contributed by atoms with Crippen molar-refractivity contribution >= 4 is 17.8 Å². The molecular weight excluding hydrogens is 222 g/mol. The van der Waals surface area contributed by atoms with Gasteiger partial charge in [-0.3, -0.25) is 14.9 Å². The maximum atomic E-state index is 11.7. The molecule has 2 rings (SSSR count). The zero-order chi connectivity index (χ0) is 12.3. The molecule has 2 aliphatic rings. The van der Waals surface area contributed by atoms with Crippen LogP contribution < -0.4 is 10.6 Å². The molecule has 1 aliphatic heterocycles. The number of hydrogen-bond acceptors (Lipinski definition) is 3. The van der Waals surface area contributed by atoms with Crippen molar-refractivity contribution in [3.8, 4) is 0 Å². The normalized spacial score (nSPS) is 21.5. The molecule has 1 aliphatic carbocycles. The van der Waals surface area contributed by atoms with E-state index in [1.165, 1.54) is 11.3 Å². The van der Waals surface area contributed by atoms with Crippen LogP contribution in [0.4, 0.5) is 4.79 Å². The van der Waals surface area contributed by atoms with Crippen LogP contribution in [-0.4, -0.2) is 41.9 Å². The van der Waals surface area contributed by atoms with Gasteiger partial charge in [-0.2, -0.15) is 0 Å². The van der Waals surface area contributed by atoms with E-state index in [0.29, 0.717) is 0 Å². The molecule has 0 unspecified atom stereocenters. The van der Waals surface area contributed by atoms with Gasteiger partial charge in [0.25, 0.3) is 0 Å². The molecule has 6 heteroatoms. The van der Waals surface area contributed by atoms with E-state index >= 15 is 0 Å². The maximum Gasteiger partial charge on any atom is 0.325 e. The molecule has 6 nitrogen and oxygen atoms in total. The first-order chi connectivity index (χ1) is 8.15. The second-order valence-electron chi connectivity index (χ2n) is 4.61. The minimum atomic E-state index is -0.478. The summed E-state index contributed by atoms with van der Waals surface area (Å²) in [7, 11) is 0. The Hall–Kier alpha value is -1.59. The molecule has 2 N–H and O–H groups in total. The highest BCUT2D eigenvalue weighted by atomic mass is 16.2. The fraction of sp³-hybridized carbons (Fsp3) is 0.727. The number of hydrogen-bond donors (Lipinski definition) is 2. The molecule has 2 fully saturated rings. The van der Waals surface area contributed by atoms with Crippen molar-refractivity contribution in [2.75, 3.05) is 13.1 Å². The highest BCUT2D eigenvalue weighted by molar-refractivity contribution is 6.03. The molecule has 94 valence electrons. The summed E-state index contributed by atoms with van der Waals surface area (Å²) in [4.78, 5) is 35.1. The number of carbonyl (C=O) groups excluding carboxylic acids is 3. The molecule has 0 bridgehead atoms. The Morgan fingerprint density at radius 2 is 2.00 bits per heavy atom. The lowest BCUT2D eigenvalue weighted by Gasteiger charge is -2.23. The van der Waals surface area contributed by atoms with Crippen molar-refractivity contribution in [2.45, 2.75) is 38.1 Å². The van der Waals surface area contributed by atoms with Crippen LogP contribution in [0.25, 0.3) is 0 Å². The van der Waals surface area contributed by atoms with Crippen LogP contribution in [0.15, 0.2) is 0 Å². The van der Waals surface area contributed by atoms with Gasteiger partial charge in [0.15, 0.2) is 0 Å². The molecule has 1 saturated heterocycles. The minimum absolute atomic E-state index is 0.0169. The van der Waals surface area contributed by atoms with Gasteiger partial charge in [0, 0.05) is 6.04 Å². The minimum Gasteiger partial charge on any atom is -0.352 e. The largest absolute Gasteiger partial charge is 0.352 e. The van der Waals surface area contributed by atoms with Crippen LogP contribution in [-0.2, 0) is 9.59 Å². The topological polar surface area (TPSA) is 78.5 Å². The predicted molar refractivity (Wildman–Crippen MR) is 60.1 cm³/mol. The van der Waals surface area contributed by atoms with Crippen molar-refractivity contribution in [1.29, 1.82) is 0 Å². The molecule has 0 aromatic rings. The first kappa shape index (κ1) is 11.9. The van der Waals surface area contributed by atoms with Gasteiger partial charge in [0.1, 0.15) is 13.1 Å². The van der Waals surface area contributed by atoms with Crippen molar-refractivity contribution in [3.05, 3.63) is 0 Å². The number of nitrogens with zero attached hydrogens (tertiary/aromatic N) is 1. The zero-order valence-electron chi connectivity index (χ0n) is 9.70. The van der Waals surface area contributed by atoms with Crippen LogP contribution in [0.1, 0.15) is 32.1 Å². The quantitative estimate of drug-likeness (QED) is 0.680. The molecule has 0 atom stereocenters. The summed E-state index contributed by atoms with van der Waals surface area (Å²) >= 11 is 0. The summed E-state index contributed by atoms with van der Waals surface area (Å²) < 4.78 is 0. The summed E-state index contributed by atoms with van der Waals surface area (Å²) in [6.07, 6.45) is 5.55. The number of imide groups is 1. The summed E-state index contributed by atoms with van der Waals surface area (Å²) in [5, 5.41) is 5.05. The lowest BCUT2D eigenvalue weighted by molar-refractivity contribution is -0.122. The van der Waals surface area contributed by atoms with E-state index < -0.39 is 6.03 Å². The van der Waals surface area contributed by atoms with Gasteiger partial charge in [0.2, 0.25) is 11.8 Å². The van der Waals surface area contributed by atoms with Gasteiger partial charge in [-0.05, 0) is 12.8 Å². The Labute approximate surface area is 99.7 Å². The fourth-order valence-electron chi connectivity index (χ4n) is 2.30. The van der Waals surface area contributed by atoms with Gasteiger partial charge in [0.05, 0.1) is 0 Å². The van der Waals surface area contributed by atoms with E-state index in [2.05, 4.69) is 10.6 Å². The molecule has 0 aromatic heterocycles. The van der Waals surface area contributed by atoms with Crippen molar-refractivity contribution in [2.24, 2.45) is 0 Å². The average Bonchev–Trinajstić information content (AvgIpc) is 2.58. The SMILES string of the molecule is O=C1CN(CC(=O)NC2CCCCC2)C(=O)N1. The Morgan fingerprint density at radius 3 is 2.59 bits per heavy atom. The van der Waals surface area contributed by atoms with Crippen LogP contribution in [0, 0.1) is 0 Å². The third kappa shape index (κ3) is 3.18. The van der Waals surface area contributed by atoms with E-state index in [1.807, 2.05) is 0 Å². The lowest BCUT2D eigenvalue weighted by Crippen LogP contribution is -2.43. The summed E-state index contributed by atoms with van der Waals surface area (Å²) in [5.41, 5.74) is 0. The molecule has 0 aromatic carbocycles. The van der Waals surface area contributed by atoms with E-state index in [1.54, 1.807) is 0 Å². The highest BCUT2D eigenvalue weighted by Gasteiger charge is 2.28. The first-order valence-electron chi connectivity index (χ1n) is 6.03. The Kier molecular flexibility index (Phi) is 3.61. The van der Waals surface area contributed by atoms with E-state index in [9.17, 15) is 14.4 Å². The third-order valence-corrected chi connectivity index (χ3v) is 3.17. The van der Waals surface area contributed by atoms with Crippen LogP contribution in [0.2, 0.25) is 0 Å². The average molecular weight is 239 g/mol. The van der Waals surface area contributed by atoms with E-state index in [4.69, 9.17) is 0 Å². The molecule has 4 amide bonds. The van der Waals surface area contributed by atoms with Gasteiger partial charge < -0.3 is 10.2 Å². The Balaban J connectivity index is 1.76. The number of amides is 4. The number of rotatable bonds is 3. The summed E-state index contributed by atoms with van der Waals surface area (Å²) in [6.45, 7) is -0.0506. The summed E-state index contributed by atoms with van der Waals surface area (Å²) in [5.74, 6) is -0.526. The van der Waals surface area contributed by atoms with Gasteiger partial charge in [-0.25, -0.2) is 4.79 Å². The van der Waals surface area contributed by atoms with Crippen molar-refractivity contribution < 1.29 is 14.4 Å². The molecule has 1 heterocycles. The van der Waals surface area contributed by atoms with Crippen LogP contribution in [0.3, 0.4) is 0 Å². The Morgan fingerprint density at radius 1 is 1.29 bits per heavy atom. The zero-order valence-corrected chi connectivity index (χ0v) is 9.70. The highest BCUT2D eigenvalue weighted by Crippen LogP contribution is 2.17. The second-order valence-corrected chi connectivity index (χ2v) is 4.61. The molecular formula is C11H17N3O3. The molecule has 1 saturated carbocycles. The van der Waals surface area contributed by atoms with Crippen molar-refractivity contribution in [1.82, 2.24) is 15.5 Å². The standard InChI is InChI=1S/C11H17N3O3/c15-9(12-8-4-2-1-3-5-8)6-14-7-10(16)13-11(14)17/h8H,1-7H2,(H,12,15)(H,13,16,17). The monoisotopic (exact) mass is 239 g/mol. The molecule has 0 radical (unpaired) electrons. The third-order valence-electron chi connectivity index (χ3n) is 3.17. The number of urea groups is 1. The van der Waals surface area contributed by atoms with Gasteiger partial charge in [-0.1, -0.05) is 19.3 Å². The van der Waals surface area contributed by atoms with Crippen molar-refractivity contribution in [3.63, 3.8) is 0 Å². The lowest BCUT2D eigenvalue weighted by atomic mass is 9.95. The van der Waals surface area contributed by atoms with Crippen LogP contribution >= 0.6 is 0 Å². The second kappa shape index (κ2) is 5.16. The number of carbonyl (C=O) groups is 3. The Bertz CT molecular complexity index is 337. The van der Waals surface area contributed by atoms with Gasteiger partial charge in [-0.15, -0.1) is 0 Å². The first-order valence-corrected chi connectivity index (χ1v) is 6.03. The van der Waals surface area contributed by atoms with Crippen LogP contribution in [0.5, 0.6) is 0 Å². The van der Waals surface area contributed by atoms with E-state index in [0.717, 1.165) is 25.7 Å². The maximum absolute atomic E-state index is 11.7. The fourth-order valence-corrected chi connectivity index (χ4v) is 2.30. The number of nitrogens with one attached hydrogen (secondary N) is 2.